The zero-order valence-electron chi connectivity index (χ0n) is 11.6. The first-order valence-electron chi connectivity index (χ1n) is 6.75. The first-order valence-corrected chi connectivity index (χ1v) is 6.75. The van der Waals surface area contributed by atoms with E-state index in [0.29, 0.717) is 5.69 Å². The van der Waals surface area contributed by atoms with E-state index in [2.05, 4.69) is 19.2 Å². The molecule has 0 unspecified atom stereocenters. The minimum atomic E-state index is 0.0935. The summed E-state index contributed by atoms with van der Waals surface area (Å²) in [5, 5.41) is 2.96. The van der Waals surface area contributed by atoms with Gasteiger partial charge >= 0.3 is 0 Å². The van der Waals surface area contributed by atoms with E-state index in [9.17, 15) is 4.79 Å². The Labute approximate surface area is 110 Å². The predicted octanol–water partition coefficient (Wildman–Crippen LogP) is 3.73. The molecule has 3 N–H and O–H groups in total. The molecule has 0 aliphatic carbocycles. The van der Waals surface area contributed by atoms with Crippen LogP contribution in [0.15, 0.2) is 18.2 Å². The summed E-state index contributed by atoms with van der Waals surface area (Å²) >= 11 is 0. The molecule has 1 aromatic rings. The van der Waals surface area contributed by atoms with E-state index in [1.807, 2.05) is 25.1 Å². The van der Waals surface area contributed by atoms with Crippen molar-refractivity contribution in [2.75, 3.05) is 11.1 Å². The number of nitrogens with one attached hydrogen (secondary N) is 1. The third-order valence-electron chi connectivity index (χ3n) is 3.11. The van der Waals surface area contributed by atoms with Crippen molar-refractivity contribution in [2.45, 2.75) is 46.5 Å². The molecule has 0 spiro atoms. The van der Waals surface area contributed by atoms with Gasteiger partial charge in [0.2, 0.25) is 5.91 Å². The van der Waals surface area contributed by atoms with Crippen molar-refractivity contribution in [3.8, 4) is 0 Å². The quantitative estimate of drug-likeness (QED) is 0.754. The van der Waals surface area contributed by atoms with Crippen LogP contribution in [0.5, 0.6) is 0 Å². The van der Waals surface area contributed by atoms with Crippen LogP contribution in [0, 0.1) is 12.8 Å². The molecule has 1 aromatic carbocycles. The monoisotopic (exact) mass is 248 g/mol. The molecule has 0 fully saturated rings. The molecule has 0 aliphatic rings. The SMILES string of the molecule is CCCC(CCC)C(=O)Nc1cc(C)ccc1N. The molecule has 18 heavy (non-hydrogen) atoms. The summed E-state index contributed by atoms with van der Waals surface area (Å²) in [6, 6.07) is 5.70. The molecule has 0 saturated carbocycles. The van der Waals surface area contributed by atoms with Crippen LogP contribution >= 0.6 is 0 Å². The fourth-order valence-corrected chi connectivity index (χ4v) is 2.12. The number of carbonyl (C=O) groups is 1. The van der Waals surface area contributed by atoms with Crippen LogP contribution in [-0.4, -0.2) is 5.91 Å². The fourth-order valence-electron chi connectivity index (χ4n) is 2.12. The smallest absolute Gasteiger partial charge is 0.227 e. The van der Waals surface area contributed by atoms with Gasteiger partial charge in [0.1, 0.15) is 0 Å². The Hall–Kier alpha value is -1.51. The normalized spacial score (nSPS) is 10.7. The van der Waals surface area contributed by atoms with Gasteiger partial charge in [-0.25, -0.2) is 0 Å². The molecule has 0 saturated heterocycles. The third kappa shape index (κ3) is 4.06. The van der Waals surface area contributed by atoms with Crippen LogP contribution in [0.25, 0.3) is 0 Å². The Morgan fingerprint density at radius 2 is 1.89 bits per heavy atom. The van der Waals surface area contributed by atoms with Crippen molar-refractivity contribution in [3.63, 3.8) is 0 Å². The molecule has 0 aliphatic heterocycles. The molecule has 100 valence electrons. The molecule has 1 rings (SSSR count). The van der Waals surface area contributed by atoms with Crippen molar-refractivity contribution in [1.29, 1.82) is 0 Å². The molecule has 3 heteroatoms. The van der Waals surface area contributed by atoms with Crippen LogP contribution in [-0.2, 0) is 4.79 Å². The Morgan fingerprint density at radius 3 is 2.44 bits per heavy atom. The fraction of sp³-hybridized carbons (Fsp3) is 0.533. The summed E-state index contributed by atoms with van der Waals surface area (Å²) in [5.74, 6) is 0.191. The lowest BCUT2D eigenvalue weighted by molar-refractivity contribution is -0.120. The van der Waals surface area contributed by atoms with Crippen LogP contribution in [0.3, 0.4) is 0 Å². The molecule has 0 radical (unpaired) electrons. The Morgan fingerprint density at radius 1 is 1.28 bits per heavy atom. The van der Waals surface area contributed by atoms with E-state index < -0.39 is 0 Å². The van der Waals surface area contributed by atoms with Crippen molar-refractivity contribution in [2.24, 2.45) is 5.92 Å². The lowest BCUT2D eigenvalue weighted by Gasteiger charge is -2.16. The summed E-state index contributed by atoms with van der Waals surface area (Å²) in [4.78, 5) is 12.2. The van der Waals surface area contributed by atoms with E-state index in [0.717, 1.165) is 36.9 Å². The number of rotatable bonds is 6. The lowest BCUT2D eigenvalue weighted by atomic mass is 9.97. The highest BCUT2D eigenvalue weighted by Crippen LogP contribution is 2.22. The highest BCUT2D eigenvalue weighted by Gasteiger charge is 2.17. The van der Waals surface area contributed by atoms with Crippen molar-refractivity contribution in [3.05, 3.63) is 23.8 Å². The Kier molecular flexibility index (Phi) is 5.69. The van der Waals surface area contributed by atoms with Crippen LogP contribution < -0.4 is 11.1 Å². The summed E-state index contributed by atoms with van der Waals surface area (Å²) in [6.07, 6.45) is 3.93. The van der Waals surface area contributed by atoms with E-state index in [1.165, 1.54) is 0 Å². The minimum Gasteiger partial charge on any atom is -0.397 e. The van der Waals surface area contributed by atoms with Gasteiger partial charge in [-0.1, -0.05) is 32.8 Å². The minimum absolute atomic E-state index is 0.0935. The topological polar surface area (TPSA) is 55.1 Å². The summed E-state index contributed by atoms with van der Waals surface area (Å²) in [6.45, 7) is 6.21. The molecule has 0 aromatic heterocycles. The molecule has 3 nitrogen and oxygen atoms in total. The number of anilines is 2. The van der Waals surface area contributed by atoms with Crippen LogP contribution in [0.1, 0.15) is 45.1 Å². The van der Waals surface area contributed by atoms with Crippen molar-refractivity contribution in [1.82, 2.24) is 0 Å². The van der Waals surface area contributed by atoms with Crippen LogP contribution in [0.2, 0.25) is 0 Å². The first kappa shape index (κ1) is 14.6. The first-order chi connectivity index (χ1) is 8.58. The average molecular weight is 248 g/mol. The third-order valence-corrected chi connectivity index (χ3v) is 3.11. The Balaban J connectivity index is 2.75. The number of carbonyl (C=O) groups excluding carboxylic acids is 1. The molecule has 0 atom stereocenters. The number of amides is 1. The predicted molar refractivity (Wildman–Crippen MR) is 77.5 cm³/mol. The second kappa shape index (κ2) is 7.04. The highest BCUT2D eigenvalue weighted by molar-refractivity contribution is 5.95. The maximum Gasteiger partial charge on any atom is 0.227 e. The summed E-state index contributed by atoms with van der Waals surface area (Å²) in [5.41, 5.74) is 8.33. The maximum atomic E-state index is 12.2. The van der Waals surface area contributed by atoms with Gasteiger partial charge in [0.05, 0.1) is 11.4 Å². The molecule has 1 amide bonds. The zero-order chi connectivity index (χ0) is 13.5. The van der Waals surface area contributed by atoms with Gasteiger partial charge < -0.3 is 11.1 Å². The van der Waals surface area contributed by atoms with Crippen LogP contribution in [0.4, 0.5) is 11.4 Å². The van der Waals surface area contributed by atoms with Crippen molar-refractivity contribution < 1.29 is 4.79 Å². The van der Waals surface area contributed by atoms with E-state index in [1.54, 1.807) is 0 Å². The van der Waals surface area contributed by atoms with E-state index in [4.69, 9.17) is 5.73 Å². The number of benzene rings is 1. The second-order valence-corrected chi connectivity index (χ2v) is 4.85. The number of hydrogen-bond donors (Lipinski definition) is 2. The molecule has 0 heterocycles. The standard InChI is InChI=1S/C15H24N2O/c1-4-6-12(7-5-2)15(18)17-14-10-11(3)8-9-13(14)16/h8-10,12H,4-7,16H2,1-3H3,(H,17,18). The van der Waals surface area contributed by atoms with Gasteiger partial charge in [-0.15, -0.1) is 0 Å². The van der Waals surface area contributed by atoms with Gasteiger partial charge in [-0.2, -0.15) is 0 Å². The summed E-state index contributed by atoms with van der Waals surface area (Å²) in [7, 11) is 0. The number of aryl methyl sites for hydroxylation is 1. The lowest BCUT2D eigenvalue weighted by Crippen LogP contribution is -2.23. The summed E-state index contributed by atoms with van der Waals surface area (Å²) < 4.78 is 0. The average Bonchev–Trinajstić information content (AvgIpc) is 2.33. The number of hydrogen-bond acceptors (Lipinski definition) is 2. The van der Waals surface area contributed by atoms with Gasteiger partial charge in [0.15, 0.2) is 0 Å². The van der Waals surface area contributed by atoms with Gasteiger partial charge in [0.25, 0.3) is 0 Å². The van der Waals surface area contributed by atoms with Gasteiger partial charge in [-0.05, 0) is 37.5 Å². The Bertz CT molecular complexity index is 395. The highest BCUT2D eigenvalue weighted by atomic mass is 16.1. The number of nitrogens with two attached hydrogens (primary N) is 1. The second-order valence-electron chi connectivity index (χ2n) is 4.85. The molecular weight excluding hydrogens is 224 g/mol. The van der Waals surface area contributed by atoms with E-state index in [-0.39, 0.29) is 11.8 Å². The molecule has 0 bridgehead atoms. The van der Waals surface area contributed by atoms with E-state index >= 15 is 0 Å². The van der Waals surface area contributed by atoms with Crippen molar-refractivity contribution >= 4 is 17.3 Å². The zero-order valence-corrected chi connectivity index (χ0v) is 11.6. The van der Waals surface area contributed by atoms with Gasteiger partial charge in [0, 0.05) is 5.92 Å². The molecular formula is C15H24N2O. The van der Waals surface area contributed by atoms with Gasteiger partial charge in [-0.3, -0.25) is 4.79 Å². The number of nitrogen functional groups attached to an aromatic ring is 1. The maximum absolute atomic E-state index is 12.2. The largest absolute Gasteiger partial charge is 0.397 e.